The molecule has 0 saturated carbocycles. The molecule has 0 bridgehead atoms. The normalized spacial score (nSPS) is 12.5. The quantitative estimate of drug-likeness (QED) is 0.171. The number of aryl methyl sites for hydroxylation is 2. The standard InChI is InChI=1S/C29H38N6O2Si/c1-7-27-34-26-15-25(18-31-28(26)35(27)19-37-11-12-38(4,5)6)32-21(3)22-9-8-10-24(14-22)33-29(36)23-13-20(2)16-30-17-23/h8-10,13-18,21,32H,7,11-12,19H2,1-6H3,(H,33,36)/t21-/m0/s1. The summed E-state index contributed by atoms with van der Waals surface area (Å²) in [6, 6.07) is 12.8. The summed E-state index contributed by atoms with van der Waals surface area (Å²) in [5, 5.41) is 6.50. The van der Waals surface area contributed by atoms with Crippen LogP contribution in [0.3, 0.4) is 0 Å². The second kappa shape index (κ2) is 11.9. The van der Waals surface area contributed by atoms with Crippen LogP contribution in [0, 0.1) is 6.92 Å². The summed E-state index contributed by atoms with van der Waals surface area (Å²) in [6.07, 6.45) is 5.96. The van der Waals surface area contributed by atoms with E-state index in [-0.39, 0.29) is 11.9 Å². The highest BCUT2D eigenvalue weighted by atomic mass is 28.3. The van der Waals surface area contributed by atoms with E-state index in [2.05, 4.69) is 53.7 Å². The van der Waals surface area contributed by atoms with E-state index in [1.54, 1.807) is 12.4 Å². The van der Waals surface area contributed by atoms with Gasteiger partial charge in [-0.15, -0.1) is 0 Å². The minimum atomic E-state index is -1.13. The Kier molecular flexibility index (Phi) is 8.58. The van der Waals surface area contributed by atoms with Gasteiger partial charge in [-0.25, -0.2) is 9.97 Å². The summed E-state index contributed by atoms with van der Waals surface area (Å²) in [6.45, 7) is 14.4. The molecule has 1 aromatic carbocycles. The maximum Gasteiger partial charge on any atom is 0.257 e. The molecule has 1 amide bonds. The van der Waals surface area contributed by atoms with E-state index < -0.39 is 8.07 Å². The molecule has 0 aliphatic carbocycles. The second-order valence-corrected chi connectivity index (χ2v) is 16.5. The predicted molar refractivity (Wildman–Crippen MR) is 156 cm³/mol. The largest absolute Gasteiger partial charge is 0.377 e. The van der Waals surface area contributed by atoms with Crippen LogP contribution in [0.5, 0.6) is 0 Å². The summed E-state index contributed by atoms with van der Waals surface area (Å²) in [5.74, 6) is 0.790. The first-order valence-electron chi connectivity index (χ1n) is 13.2. The van der Waals surface area contributed by atoms with Gasteiger partial charge in [0.05, 0.1) is 17.4 Å². The Morgan fingerprint density at radius 3 is 2.66 bits per heavy atom. The van der Waals surface area contributed by atoms with E-state index in [0.29, 0.717) is 12.3 Å². The molecule has 200 valence electrons. The summed E-state index contributed by atoms with van der Waals surface area (Å²) in [5.41, 5.74) is 5.83. The van der Waals surface area contributed by atoms with E-state index in [9.17, 15) is 4.79 Å². The summed E-state index contributed by atoms with van der Waals surface area (Å²) in [4.78, 5) is 26.3. The van der Waals surface area contributed by atoms with Gasteiger partial charge in [-0.3, -0.25) is 14.3 Å². The van der Waals surface area contributed by atoms with Crippen LogP contribution in [-0.2, 0) is 17.9 Å². The van der Waals surface area contributed by atoms with Crippen molar-refractivity contribution in [2.24, 2.45) is 0 Å². The fourth-order valence-electron chi connectivity index (χ4n) is 4.18. The van der Waals surface area contributed by atoms with Crippen LogP contribution < -0.4 is 10.6 Å². The van der Waals surface area contributed by atoms with Crippen LogP contribution in [0.2, 0.25) is 25.7 Å². The number of anilines is 2. The van der Waals surface area contributed by atoms with Crippen LogP contribution in [0.1, 0.15) is 47.2 Å². The highest BCUT2D eigenvalue weighted by molar-refractivity contribution is 6.76. The van der Waals surface area contributed by atoms with E-state index in [4.69, 9.17) is 14.7 Å². The number of nitrogens with one attached hydrogen (secondary N) is 2. The molecule has 0 aliphatic heterocycles. The molecule has 0 radical (unpaired) electrons. The Labute approximate surface area is 225 Å². The van der Waals surface area contributed by atoms with Gasteiger partial charge < -0.3 is 15.4 Å². The molecule has 0 fully saturated rings. The number of ether oxygens (including phenoxy) is 1. The molecule has 3 heterocycles. The number of carbonyl (C=O) groups is 1. The molecule has 4 rings (SSSR count). The number of nitrogens with zero attached hydrogens (tertiary/aromatic N) is 4. The molecule has 8 nitrogen and oxygen atoms in total. The van der Waals surface area contributed by atoms with E-state index in [1.165, 1.54) is 0 Å². The molecule has 0 saturated heterocycles. The van der Waals surface area contributed by atoms with Crippen molar-refractivity contribution in [3.8, 4) is 0 Å². The van der Waals surface area contributed by atoms with Crippen LogP contribution in [0.15, 0.2) is 55.0 Å². The van der Waals surface area contributed by atoms with Gasteiger partial charge in [0.25, 0.3) is 5.91 Å². The Bertz CT molecular complexity index is 1410. The van der Waals surface area contributed by atoms with Gasteiger partial charge in [-0.05, 0) is 55.3 Å². The lowest BCUT2D eigenvalue weighted by molar-refractivity contribution is 0.0876. The second-order valence-electron chi connectivity index (χ2n) is 10.9. The number of imidazole rings is 1. The first-order valence-corrected chi connectivity index (χ1v) is 16.9. The summed E-state index contributed by atoms with van der Waals surface area (Å²) in [7, 11) is -1.13. The van der Waals surface area contributed by atoms with Crippen molar-refractivity contribution in [3.63, 3.8) is 0 Å². The monoisotopic (exact) mass is 530 g/mol. The number of pyridine rings is 2. The molecule has 38 heavy (non-hydrogen) atoms. The third kappa shape index (κ3) is 7.05. The number of rotatable bonds is 11. The summed E-state index contributed by atoms with van der Waals surface area (Å²) < 4.78 is 8.07. The average Bonchev–Trinajstić information content (AvgIpc) is 3.23. The molecule has 0 aliphatic rings. The highest BCUT2D eigenvalue weighted by Gasteiger charge is 2.15. The topological polar surface area (TPSA) is 94.0 Å². The lowest BCUT2D eigenvalue weighted by Crippen LogP contribution is -2.22. The number of carbonyl (C=O) groups excluding carboxylic acids is 1. The molecule has 1 atom stereocenters. The lowest BCUT2D eigenvalue weighted by Gasteiger charge is -2.17. The van der Waals surface area contributed by atoms with Gasteiger partial charge in [0.2, 0.25) is 0 Å². The van der Waals surface area contributed by atoms with E-state index >= 15 is 0 Å². The third-order valence-corrected chi connectivity index (χ3v) is 8.07. The van der Waals surface area contributed by atoms with Crippen molar-refractivity contribution in [1.29, 1.82) is 0 Å². The number of benzene rings is 1. The number of amides is 1. The molecule has 0 unspecified atom stereocenters. The van der Waals surface area contributed by atoms with Crippen molar-refractivity contribution in [3.05, 3.63) is 77.5 Å². The molecule has 2 N–H and O–H groups in total. The van der Waals surface area contributed by atoms with Crippen LogP contribution in [0.25, 0.3) is 11.2 Å². The van der Waals surface area contributed by atoms with Crippen molar-refractivity contribution < 1.29 is 9.53 Å². The van der Waals surface area contributed by atoms with Gasteiger partial charge in [-0.2, -0.15) is 0 Å². The zero-order chi connectivity index (χ0) is 27.3. The summed E-state index contributed by atoms with van der Waals surface area (Å²) >= 11 is 0. The molecular formula is C29H38N6O2Si. The maximum atomic E-state index is 12.7. The lowest BCUT2D eigenvalue weighted by atomic mass is 10.1. The van der Waals surface area contributed by atoms with Crippen LogP contribution in [0.4, 0.5) is 11.4 Å². The van der Waals surface area contributed by atoms with Gasteiger partial charge in [0.15, 0.2) is 5.65 Å². The van der Waals surface area contributed by atoms with Crippen LogP contribution in [-0.4, -0.2) is 40.1 Å². The molecule has 4 aromatic rings. The minimum Gasteiger partial charge on any atom is -0.377 e. The van der Waals surface area contributed by atoms with Crippen molar-refractivity contribution in [2.75, 3.05) is 17.2 Å². The van der Waals surface area contributed by atoms with Crippen molar-refractivity contribution in [1.82, 2.24) is 19.5 Å². The van der Waals surface area contributed by atoms with Crippen LogP contribution >= 0.6 is 0 Å². The molecule has 3 aromatic heterocycles. The fourth-order valence-corrected chi connectivity index (χ4v) is 4.93. The van der Waals surface area contributed by atoms with E-state index in [0.717, 1.165) is 58.6 Å². The molecule has 0 spiro atoms. The van der Waals surface area contributed by atoms with Gasteiger partial charge >= 0.3 is 0 Å². The first-order chi connectivity index (χ1) is 18.1. The van der Waals surface area contributed by atoms with Gasteiger partial charge in [0.1, 0.15) is 18.1 Å². The number of fused-ring (bicyclic) bond motifs is 1. The number of hydrogen-bond acceptors (Lipinski definition) is 6. The smallest absolute Gasteiger partial charge is 0.257 e. The number of hydrogen-bond donors (Lipinski definition) is 2. The zero-order valence-corrected chi connectivity index (χ0v) is 24.2. The Morgan fingerprint density at radius 2 is 1.92 bits per heavy atom. The third-order valence-electron chi connectivity index (χ3n) is 6.36. The Balaban J connectivity index is 1.44. The van der Waals surface area contributed by atoms with Gasteiger partial charge in [-0.1, -0.05) is 38.7 Å². The van der Waals surface area contributed by atoms with E-state index in [1.807, 2.05) is 49.5 Å². The average molecular weight is 531 g/mol. The first kappa shape index (κ1) is 27.5. The predicted octanol–water partition coefficient (Wildman–Crippen LogP) is 6.43. The molecular weight excluding hydrogens is 492 g/mol. The Morgan fingerprint density at radius 1 is 1.11 bits per heavy atom. The fraction of sp³-hybridized carbons (Fsp3) is 0.379. The van der Waals surface area contributed by atoms with Gasteiger partial charge in [0, 0.05) is 45.2 Å². The maximum absolute atomic E-state index is 12.7. The van der Waals surface area contributed by atoms with Crippen molar-refractivity contribution in [2.45, 2.75) is 65.6 Å². The Hall–Kier alpha value is -3.56. The minimum absolute atomic E-state index is 0.00984. The molecule has 9 heteroatoms. The SMILES string of the molecule is CCc1nc2cc(N[C@@H](C)c3cccc(NC(=O)c4cncc(C)c4)c3)cnc2n1COCC[Si](C)(C)C. The van der Waals surface area contributed by atoms with Crippen molar-refractivity contribution >= 4 is 36.5 Å². The zero-order valence-electron chi connectivity index (χ0n) is 23.2. The number of aromatic nitrogens is 4. The highest BCUT2D eigenvalue weighted by Crippen LogP contribution is 2.25.